The van der Waals surface area contributed by atoms with Crippen LogP contribution in [0.4, 0.5) is 0 Å². The average molecular weight is 241 g/mol. The number of aromatic nitrogens is 1. The summed E-state index contributed by atoms with van der Waals surface area (Å²) in [5, 5.41) is 2.90. The first kappa shape index (κ1) is 12.3. The van der Waals surface area contributed by atoms with Crippen LogP contribution in [0.2, 0.25) is 0 Å². The molecule has 0 saturated heterocycles. The number of hydrogen-bond donors (Lipinski definition) is 2. The van der Waals surface area contributed by atoms with E-state index in [1.54, 1.807) is 18.3 Å². The number of benzene rings is 1. The first-order valence-electron chi connectivity index (χ1n) is 5.77. The van der Waals surface area contributed by atoms with E-state index >= 15 is 0 Å². The van der Waals surface area contributed by atoms with Crippen LogP contribution < -0.4 is 11.1 Å². The number of pyridine rings is 1. The van der Waals surface area contributed by atoms with E-state index < -0.39 is 0 Å². The number of carbonyl (C=O) groups is 1. The van der Waals surface area contributed by atoms with E-state index in [4.69, 9.17) is 5.73 Å². The van der Waals surface area contributed by atoms with Crippen LogP contribution in [0.15, 0.2) is 54.9 Å². The number of hydrogen-bond acceptors (Lipinski definition) is 3. The summed E-state index contributed by atoms with van der Waals surface area (Å²) in [6, 6.07) is 12.9. The zero-order valence-electron chi connectivity index (χ0n) is 9.91. The molecule has 0 spiro atoms. The van der Waals surface area contributed by atoms with E-state index in [0.29, 0.717) is 12.1 Å². The van der Waals surface area contributed by atoms with Crippen LogP contribution in [-0.2, 0) is 0 Å². The Morgan fingerprint density at radius 2 is 2.00 bits per heavy atom. The minimum atomic E-state index is -0.182. The largest absolute Gasteiger partial charge is 0.344 e. The lowest BCUT2D eigenvalue weighted by molar-refractivity contribution is 0.0937. The van der Waals surface area contributed by atoms with Crippen molar-refractivity contribution in [2.24, 2.45) is 5.73 Å². The van der Waals surface area contributed by atoms with Gasteiger partial charge in [0.25, 0.3) is 5.91 Å². The Labute approximate surface area is 106 Å². The molecule has 3 N–H and O–H groups in total. The zero-order chi connectivity index (χ0) is 12.8. The van der Waals surface area contributed by atoms with Gasteiger partial charge >= 0.3 is 0 Å². The van der Waals surface area contributed by atoms with E-state index in [0.717, 1.165) is 5.56 Å². The third-order valence-corrected chi connectivity index (χ3v) is 2.67. The highest BCUT2D eigenvalue weighted by Gasteiger charge is 2.13. The highest BCUT2D eigenvalue weighted by Crippen LogP contribution is 2.11. The maximum atomic E-state index is 12.0. The number of nitrogens with one attached hydrogen (secondary N) is 1. The predicted molar refractivity (Wildman–Crippen MR) is 69.9 cm³/mol. The number of carbonyl (C=O) groups excluding carboxylic acids is 1. The average Bonchev–Trinajstić information content (AvgIpc) is 2.46. The second-order valence-electron chi connectivity index (χ2n) is 3.91. The standard InChI is InChI=1S/C14H15N3O/c15-9-13(11-5-2-1-3-6-11)17-14(18)12-7-4-8-16-10-12/h1-8,10,13H,9,15H2,(H,17,18). The summed E-state index contributed by atoms with van der Waals surface area (Å²) < 4.78 is 0. The highest BCUT2D eigenvalue weighted by molar-refractivity contribution is 5.94. The van der Waals surface area contributed by atoms with E-state index in [9.17, 15) is 4.79 Å². The summed E-state index contributed by atoms with van der Waals surface area (Å²) >= 11 is 0. The Hall–Kier alpha value is -2.20. The molecule has 0 saturated carbocycles. The van der Waals surface area contributed by atoms with Crippen molar-refractivity contribution in [3.05, 3.63) is 66.0 Å². The molecule has 0 aliphatic carbocycles. The molecule has 0 fully saturated rings. The number of amides is 1. The van der Waals surface area contributed by atoms with Crippen LogP contribution in [0.1, 0.15) is 22.0 Å². The van der Waals surface area contributed by atoms with Gasteiger partial charge in [0.1, 0.15) is 0 Å². The first-order valence-corrected chi connectivity index (χ1v) is 5.77. The second-order valence-corrected chi connectivity index (χ2v) is 3.91. The summed E-state index contributed by atoms with van der Waals surface area (Å²) in [6.07, 6.45) is 3.17. The minimum absolute atomic E-state index is 0.164. The molecule has 1 amide bonds. The van der Waals surface area contributed by atoms with Crippen molar-refractivity contribution < 1.29 is 4.79 Å². The molecule has 0 aliphatic heterocycles. The second kappa shape index (κ2) is 5.93. The van der Waals surface area contributed by atoms with Gasteiger partial charge in [-0.15, -0.1) is 0 Å². The third-order valence-electron chi connectivity index (χ3n) is 2.67. The molecule has 1 aromatic heterocycles. The fraction of sp³-hybridized carbons (Fsp3) is 0.143. The van der Waals surface area contributed by atoms with Crippen LogP contribution in [0.3, 0.4) is 0 Å². The van der Waals surface area contributed by atoms with Gasteiger partial charge in [0.15, 0.2) is 0 Å². The maximum absolute atomic E-state index is 12.0. The predicted octanol–water partition coefficient (Wildman–Crippen LogP) is 1.51. The van der Waals surface area contributed by atoms with Crippen molar-refractivity contribution in [3.8, 4) is 0 Å². The fourth-order valence-corrected chi connectivity index (χ4v) is 1.70. The molecule has 1 heterocycles. The van der Waals surface area contributed by atoms with Crippen molar-refractivity contribution in [3.63, 3.8) is 0 Å². The third kappa shape index (κ3) is 2.93. The van der Waals surface area contributed by atoms with Crippen LogP contribution in [0, 0.1) is 0 Å². The highest BCUT2D eigenvalue weighted by atomic mass is 16.1. The molecule has 0 aliphatic rings. The lowest BCUT2D eigenvalue weighted by Gasteiger charge is -2.17. The Morgan fingerprint density at radius 3 is 2.61 bits per heavy atom. The van der Waals surface area contributed by atoms with Crippen molar-refractivity contribution in [2.75, 3.05) is 6.54 Å². The lowest BCUT2D eigenvalue weighted by Crippen LogP contribution is -2.33. The molecule has 4 heteroatoms. The van der Waals surface area contributed by atoms with Crippen LogP contribution >= 0.6 is 0 Å². The molecule has 92 valence electrons. The van der Waals surface area contributed by atoms with E-state index in [1.165, 1.54) is 6.20 Å². The molecular formula is C14H15N3O. The van der Waals surface area contributed by atoms with Gasteiger partial charge in [-0.3, -0.25) is 9.78 Å². The first-order chi connectivity index (χ1) is 8.81. The van der Waals surface area contributed by atoms with Gasteiger partial charge in [0.05, 0.1) is 11.6 Å². The molecule has 2 aromatic rings. The minimum Gasteiger partial charge on any atom is -0.344 e. The van der Waals surface area contributed by atoms with Gasteiger partial charge in [-0.25, -0.2) is 0 Å². The van der Waals surface area contributed by atoms with Crippen LogP contribution in [-0.4, -0.2) is 17.4 Å². The molecule has 1 aromatic carbocycles. The Balaban J connectivity index is 2.10. The summed E-state index contributed by atoms with van der Waals surface area (Å²) in [5.41, 5.74) is 7.23. The quantitative estimate of drug-likeness (QED) is 0.852. The van der Waals surface area contributed by atoms with Gasteiger partial charge in [0.2, 0.25) is 0 Å². The molecule has 4 nitrogen and oxygen atoms in total. The van der Waals surface area contributed by atoms with Gasteiger partial charge < -0.3 is 11.1 Å². The van der Waals surface area contributed by atoms with Crippen LogP contribution in [0.25, 0.3) is 0 Å². The monoisotopic (exact) mass is 241 g/mol. The maximum Gasteiger partial charge on any atom is 0.253 e. The summed E-state index contributed by atoms with van der Waals surface area (Å²) in [4.78, 5) is 15.9. The normalized spacial score (nSPS) is 11.8. The van der Waals surface area contributed by atoms with Gasteiger partial charge in [-0.1, -0.05) is 30.3 Å². The van der Waals surface area contributed by atoms with Crippen molar-refractivity contribution in [1.29, 1.82) is 0 Å². The summed E-state index contributed by atoms with van der Waals surface area (Å²) in [6.45, 7) is 0.357. The van der Waals surface area contributed by atoms with E-state index in [-0.39, 0.29) is 11.9 Å². The molecule has 0 radical (unpaired) electrons. The van der Waals surface area contributed by atoms with Crippen molar-refractivity contribution in [1.82, 2.24) is 10.3 Å². The topological polar surface area (TPSA) is 68.0 Å². The zero-order valence-corrected chi connectivity index (χ0v) is 9.91. The Morgan fingerprint density at radius 1 is 1.22 bits per heavy atom. The molecule has 1 unspecified atom stereocenters. The Kier molecular flexibility index (Phi) is 4.04. The fourth-order valence-electron chi connectivity index (χ4n) is 1.70. The molecule has 2 rings (SSSR count). The Bertz CT molecular complexity index is 499. The smallest absolute Gasteiger partial charge is 0.253 e. The van der Waals surface area contributed by atoms with Gasteiger partial charge in [-0.2, -0.15) is 0 Å². The lowest BCUT2D eigenvalue weighted by atomic mass is 10.1. The molecule has 0 bridgehead atoms. The number of rotatable bonds is 4. The summed E-state index contributed by atoms with van der Waals surface area (Å²) in [7, 11) is 0. The van der Waals surface area contributed by atoms with E-state index in [2.05, 4.69) is 10.3 Å². The van der Waals surface area contributed by atoms with Gasteiger partial charge in [-0.05, 0) is 17.7 Å². The van der Waals surface area contributed by atoms with Crippen LogP contribution in [0.5, 0.6) is 0 Å². The summed E-state index contributed by atoms with van der Waals surface area (Å²) in [5.74, 6) is -0.164. The SMILES string of the molecule is NCC(NC(=O)c1cccnc1)c1ccccc1. The molecule has 1 atom stereocenters. The number of nitrogens with two attached hydrogens (primary N) is 1. The number of nitrogens with zero attached hydrogens (tertiary/aromatic N) is 1. The van der Waals surface area contributed by atoms with E-state index in [1.807, 2.05) is 30.3 Å². The van der Waals surface area contributed by atoms with Gasteiger partial charge in [0, 0.05) is 18.9 Å². The molecule has 18 heavy (non-hydrogen) atoms. The van der Waals surface area contributed by atoms with Crippen molar-refractivity contribution >= 4 is 5.91 Å². The molecular weight excluding hydrogens is 226 g/mol. The van der Waals surface area contributed by atoms with Crippen molar-refractivity contribution in [2.45, 2.75) is 6.04 Å².